The normalized spacial score (nSPS) is 31.5. The summed E-state index contributed by atoms with van der Waals surface area (Å²) < 4.78 is 1.09. The van der Waals surface area contributed by atoms with Crippen LogP contribution in [0.3, 0.4) is 0 Å². The molecule has 0 unspecified atom stereocenters. The quantitative estimate of drug-likeness (QED) is 0.629. The predicted octanol–water partition coefficient (Wildman–Crippen LogP) is 3.67. The summed E-state index contributed by atoms with van der Waals surface area (Å²) in [5.41, 5.74) is 5.94. The van der Waals surface area contributed by atoms with E-state index in [2.05, 4.69) is 15.8 Å². The SMILES string of the molecule is O=C(/C=C\c1nc2ccccc2s1)NNC(=O)C12CC3CC(CC(C3)C1)C2. The number of fused-ring (bicyclic) bond motifs is 1. The Balaban J connectivity index is 1.20. The van der Waals surface area contributed by atoms with Crippen molar-refractivity contribution in [2.24, 2.45) is 23.2 Å². The summed E-state index contributed by atoms with van der Waals surface area (Å²) in [5.74, 6) is 1.79. The monoisotopic (exact) mass is 381 g/mol. The molecule has 5 nitrogen and oxygen atoms in total. The molecule has 0 saturated heterocycles. The minimum absolute atomic E-state index is 0.00309. The van der Waals surface area contributed by atoms with Gasteiger partial charge in [0, 0.05) is 6.08 Å². The lowest BCUT2D eigenvalue weighted by molar-refractivity contribution is -0.148. The molecule has 27 heavy (non-hydrogen) atoms. The van der Waals surface area contributed by atoms with E-state index >= 15 is 0 Å². The van der Waals surface area contributed by atoms with Crippen LogP contribution in [-0.4, -0.2) is 16.8 Å². The van der Waals surface area contributed by atoms with Crippen LogP contribution in [0.2, 0.25) is 0 Å². The van der Waals surface area contributed by atoms with Crippen molar-refractivity contribution in [2.75, 3.05) is 0 Å². The minimum Gasteiger partial charge on any atom is -0.273 e. The first kappa shape index (κ1) is 16.9. The summed E-state index contributed by atoms with van der Waals surface area (Å²) in [4.78, 5) is 29.4. The number of carbonyl (C=O) groups excluding carboxylic acids is 2. The third-order valence-electron chi connectivity index (χ3n) is 6.51. The summed E-state index contributed by atoms with van der Waals surface area (Å²) in [6, 6.07) is 7.88. The smallest absolute Gasteiger partial charge is 0.262 e. The number of para-hydroxylation sites is 1. The molecular formula is C21H23N3O2S. The number of rotatable bonds is 3. The third kappa shape index (κ3) is 3.16. The van der Waals surface area contributed by atoms with Crippen LogP contribution in [0.1, 0.15) is 43.5 Å². The average Bonchev–Trinajstić information content (AvgIpc) is 3.06. The number of hydrogen-bond donors (Lipinski definition) is 2. The summed E-state index contributed by atoms with van der Waals surface area (Å²) in [6.07, 6.45) is 9.97. The molecule has 2 amide bonds. The van der Waals surface area contributed by atoms with Gasteiger partial charge in [-0.2, -0.15) is 0 Å². The first-order chi connectivity index (χ1) is 13.1. The molecule has 0 radical (unpaired) electrons. The lowest BCUT2D eigenvalue weighted by Gasteiger charge is -2.55. The number of hydrogen-bond acceptors (Lipinski definition) is 4. The van der Waals surface area contributed by atoms with Crippen molar-refractivity contribution >= 4 is 39.4 Å². The first-order valence-corrected chi connectivity index (χ1v) is 10.6. The fraction of sp³-hybridized carbons (Fsp3) is 0.476. The van der Waals surface area contributed by atoms with Crippen LogP contribution in [0.4, 0.5) is 0 Å². The van der Waals surface area contributed by atoms with Gasteiger partial charge < -0.3 is 0 Å². The molecule has 140 valence electrons. The van der Waals surface area contributed by atoms with Gasteiger partial charge in [-0.15, -0.1) is 11.3 Å². The van der Waals surface area contributed by atoms with Gasteiger partial charge in [-0.3, -0.25) is 20.4 Å². The van der Waals surface area contributed by atoms with Gasteiger partial charge in [0.15, 0.2) is 0 Å². The molecule has 6 rings (SSSR count). The van der Waals surface area contributed by atoms with Crippen LogP contribution in [0.15, 0.2) is 30.3 Å². The molecule has 0 aliphatic heterocycles. The maximum atomic E-state index is 12.8. The first-order valence-electron chi connectivity index (χ1n) is 9.74. The van der Waals surface area contributed by atoms with E-state index in [0.717, 1.165) is 34.5 Å². The van der Waals surface area contributed by atoms with Crippen molar-refractivity contribution in [3.63, 3.8) is 0 Å². The maximum Gasteiger partial charge on any atom is 0.262 e. The Bertz CT molecular complexity index is 864. The molecule has 4 aliphatic carbocycles. The maximum absolute atomic E-state index is 12.8. The van der Waals surface area contributed by atoms with Gasteiger partial charge in [-0.05, 0) is 74.5 Å². The van der Waals surface area contributed by atoms with E-state index < -0.39 is 0 Å². The lowest BCUT2D eigenvalue weighted by Crippen LogP contribution is -2.56. The molecule has 1 aromatic heterocycles. The molecular weight excluding hydrogens is 358 g/mol. The molecule has 0 atom stereocenters. The molecule has 4 aliphatic rings. The van der Waals surface area contributed by atoms with Crippen molar-refractivity contribution in [2.45, 2.75) is 38.5 Å². The van der Waals surface area contributed by atoms with Crippen molar-refractivity contribution in [1.29, 1.82) is 0 Å². The topological polar surface area (TPSA) is 71.1 Å². The molecule has 4 bridgehead atoms. The average molecular weight is 382 g/mol. The van der Waals surface area contributed by atoms with Gasteiger partial charge >= 0.3 is 0 Å². The Hall–Kier alpha value is -2.21. The van der Waals surface area contributed by atoms with Gasteiger partial charge in [-0.25, -0.2) is 4.98 Å². The van der Waals surface area contributed by atoms with Crippen LogP contribution in [0.5, 0.6) is 0 Å². The van der Waals surface area contributed by atoms with Crippen molar-refractivity contribution in [3.05, 3.63) is 35.3 Å². The van der Waals surface area contributed by atoms with Crippen LogP contribution >= 0.6 is 11.3 Å². The Labute approximate surface area is 162 Å². The van der Waals surface area contributed by atoms with E-state index in [9.17, 15) is 9.59 Å². The highest BCUT2D eigenvalue weighted by Gasteiger charge is 2.54. The van der Waals surface area contributed by atoms with E-state index in [1.165, 1.54) is 36.7 Å². The molecule has 2 aromatic rings. The van der Waals surface area contributed by atoms with Gasteiger partial charge in [-0.1, -0.05) is 12.1 Å². The van der Waals surface area contributed by atoms with Gasteiger partial charge in [0.25, 0.3) is 5.91 Å². The summed E-state index contributed by atoms with van der Waals surface area (Å²) in [6.45, 7) is 0. The van der Waals surface area contributed by atoms with E-state index in [1.54, 1.807) is 6.08 Å². The lowest BCUT2D eigenvalue weighted by atomic mass is 9.49. The van der Waals surface area contributed by atoms with E-state index in [1.807, 2.05) is 24.3 Å². The number of amides is 2. The Morgan fingerprint density at radius 3 is 2.37 bits per heavy atom. The van der Waals surface area contributed by atoms with Crippen LogP contribution in [0, 0.1) is 23.2 Å². The van der Waals surface area contributed by atoms with E-state index in [0.29, 0.717) is 17.8 Å². The Morgan fingerprint density at radius 1 is 1.04 bits per heavy atom. The molecule has 1 aromatic carbocycles. The van der Waals surface area contributed by atoms with Crippen LogP contribution in [0.25, 0.3) is 16.3 Å². The number of carbonyl (C=O) groups is 2. The van der Waals surface area contributed by atoms with E-state index in [-0.39, 0.29) is 17.2 Å². The number of thiazole rings is 1. The Kier molecular flexibility index (Phi) is 4.04. The standard InChI is InChI=1S/C21H23N3O2S/c25-18(5-6-19-22-16-3-1-2-4-17(16)27-19)23-24-20(26)21-10-13-7-14(11-21)9-15(8-13)12-21/h1-6,13-15H,7-12H2,(H,23,25)(H,24,26)/b6-5-. The van der Waals surface area contributed by atoms with Crippen LogP contribution < -0.4 is 10.9 Å². The third-order valence-corrected chi connectivity index (χ3v) is 7.51. The molecule has 2 N–H and O–H groups in total. The fourth-order valence-electron chi connectivity index (χ4n) is 5.79. The number of nitrogens with one attached hydrogen (secondary N) is 2. The second-order valence-corrected chi connectivity index (χ2v) is 9.56. The van der Waals surface area contributed by atoms with Crippen molar-refractivity contribution in [1.82, 2.24) is 15.8 Å². The molecule has 1 heterocycles. The van der Waals surface area contributed by atoms with E-state index in [4.69, 9.17) is 0 Å². The predicted molar refractivity (Wildman–Crippen MR) is 106 cm³/mol. The fourth-order valence-corrected chi connectivity index (χ4v) is 6.66. The number of nitrogens with zero attached hydrogens (tertiary/aromatic N) is 1. The zero-order valence-electron chi connectivity index (χ0n) is 15.1. The van der Waals surface area contributed by atoms with Crippen LogP contribution in [-0.2, 0) is 9.59 Å². The van der Waals surface area contributed by atoms with Gasteiger partial charge in [0.2, 0.25) is 5.91 Å². The molecule has 6 heteroatoms. The highest BCUT2D eigenvalue weighted by Crippen LogP contribution is 2.60. The number of aromatic nitrogens is 1. The molecule has 0 spiro atoms. The zero-order valence-corrected chi connectivity index (χ0v) is 15.9. The molecule has 4 fully saturated rings. The number of hydrazine groups is 1. The highest BCUT2D eigenvalue weighted by atomic mass is 32.1. The second kappa shape index (κ2) is 6.44. The Morgan fingerprint density at radius 2 is 1.70 bits per heavy atom. The summed E-state index contributed by atoms with van der Waals surface area (Å²) in [5, 5.41) is 0.777. The highest BCUT2D eigenvalue weighted by molar-refractivity contribution is 7.19. The van der Waals surface area contributed by atoms with Gasteiger partial charge in [0.1, 0.15) is 5.01 Å². The van der Waals surface area contributed by atoms with Gasteiger partial charge in [0.05, 0.1) is 15.6 Å². The summed E-state index contributed by atoms with van der Waals surface area (Å²) >= 11 is 1.54. The zero-order chi connectivity index (χ0) is 18.4. The molecule has 4 saturated carbocycles. The number of benzene rings is 1. The van der Waals surface area contributed by atoms with Crippen molar-refractivity contribution in [3.8, 4) is 0 Å². The summed E-state index contributed by atoms with van der Waals surface area (Å²) in [7, 11) is 0. The second-order valence-electron chi connectivity index (χ2n) is 8.49. The minimum atomic E-state index is -0.327. The largest absolute Gasteiger partial charge is 0.273 e. The van der Waals surface area contributed by atoms with Crippen molar-refractivity contribution < 1.29 is 9.59 Å².